The molecule has 4 nitrogen and oxygen atoms in total. The van der Waals surface area contributed by atoms with Crippen molar-refractivity contribution >= 4 is 29.0 Å². The normalized spacial score (nSPS) is 16.7. The lowest BCUT2D eigenvalue weighted by Gasteiger charge is -2.22. The fourth-order valence-electron chi connectivity index (χ4n) is 2.69. The largest absolute Gasteiger partial charge is 0.327 e. The van der Waals surface area contributed by atoms with Crippen LogP contribution in [0.3, 0.4) is 0 Å². The molecule has 0 heterocycles. The first-order chi connectivity index (χ1) is 10.6. The Bertz CT molecular complexity index is 685. The molecule has 1 aliphatic rings. The van der Waals surface area contributed by atoms with Gasteiger partial charge in [-0.3, -0.25) is 0 Å². The molecule has 0 aliphatic heterocycles. The number of carbonyl (C=O) groups excluding carboxylic acids is 1. The van der Waals surface area contributed by atoms with Crippen LogP contribution in [0.2, 0.25) is 5.02 Å². The van der Waals surface area contributed by atoms with E-state index in [1.54, 1.807) is 24.3 Å². The smallest absolute Gasteiger partial charge is 0.323 e. The molecule has 2 aromatic carbocycles. The highest BCUT2D eigenvalue weighted by atomic mass is 35.5. The first kappa shape index (κ1) is 14.9. The molecule has 0 aromatic heterocycles. The van der Waals surface area contributed by atoms with Crippen LogP contribution in [-0.4, -0.2) is 12.1 Å². The molecule has 0 saturated carbocycles. The van der Waals surface area contributed by atoms with Crippen molar-refractivity contribution in [2.45, 2.75) is 25.3 Å². The van der Waals surface area contributed by atoms with E-state index < -0.39 is 0 Å². The summed E-state index contributed by atoms with van der Waals surface area (Å²) in [5.41, 5.74) is 10.0. The summed E-state index contributed by atoms with van der Waals surface area (Å²) < 4.78 is 0. The summed E-state index contributed by atoms with van der Waals surface area (Å²) in [6, 6.07) is 13.0. The highest BCUT2D eigenvalue weighted by molar-refractivity contribution is 6.30. The number of anilines is 2. The van der Waals surface area contributed by atoms with E-state index >= 15 is 0 Å². The molecule has 1 atom stereocenters. The van der Waals surface area contributed by atoms with Gasteiger partial charge in [0.15, 0.2) is 0 Å². The number of hydrogen-bond acceptors (Lipinski definition) is 2. The van der Waals surface area contributed by atoms with Gasteiger partial charge in [-0.1, -0.05) is 17.7 Å². The van der Waals surface area contributed by atoms with E-state index in [1.165, 1.54) is 11.1 Å². The molecule has 2 aromatic rings. The number of hydrogen-bond donors (Lipinski definition) is 3. The molecular formula is C17H18ClN3O. The summed E-state index contributed by atoms with van der Waals surface area (Å²) in [5.74, 6) is 0. The maximum Gasteiger partial charge on any atom is 0.323 e. The van der Waals surface area contributed by atoms with Gasteiger partial charge in [-0.25, -0.2) is 4.79 Å². The predicted molar refractivity (Wildman–Crippen MR) is 90.5 cm³/mol. The molecule has 0 spiro atoms. The molecule has 4 N–H and O–H groups in total. The van der Waals surface area contributed by atoms with Crippen molar-refractivity contribution in [1.29, 1.82) is 0 Å². The van der Waals surface area contributed by atoms with Crippen LogP contribution < -0.4 is 16.4 Å². The zero-order valence-electron chi connectivity index (χ0n) is 12.1. The first-order valence-electron chi connectivity index (χ1n) is 7.31. The Morgan fingerprint density at radius 2 is 1.73 bits per heavy atom. The van der Waals surface area contributed by atoms with Crippen molar-refractivity contribution in [3.8, 4) is 0 Å². The molecule has 0 radical (unpaired) electrons. The molecule has 1 aliphatic carbocycles. The fraction of sp³-hybridized carbons (Fsp3) is 0.235. The Morgan fingerprint density at radius 3 is 2.50 bits per heavy atom. The molecule has 0 saturated heterocycles. The zero-order valence-corrected chi connectivity index (χ0v) is 12.9. The molecule has 5 heteroatoms. The number of aryl methyl sites for hydroxylation is 1. The molecule has 0 fully saturated rings. The van der Waals surface area contributed by atoms with E-state index in [0.717, 1.165) is 24.9 Å². The van der Waals surface area contributed by atoms with E-state index in [4.69, 9.17) is 17.3 Å². The minimum Gasteiger partial charge on any atom is -0.327 e. The lowest BCUT2D eigenvalue weighted by molar-refractivity contribution is 0.262. The number of carbonyl (C=O) groups is 1. The molecule has 2 amide bonds. The van der Waals surface area contributed by atoms with E-state index in [1.807, 2.05) is 18.2 Å². The summed E-state index contributed by atoms with van der Waals surface area (Å²) in [6.45, 7) is 0. The monoisotopic (exact) mass is 315 g/mol. The predicted octanol–water partition coefficient (Wildman–Crippen LogP) is 3.80. The standard InChI is InChI=1S/C17H18ClN3O/c18-13-3-7-15(8-4-13)20-17(22)21-16-6-2-11-9-14(19)5-1-12(11)10-16/h2-4,6-8,10,14H,1,5,9,19H2,(H2,20,21,22). The van der Waals surface area contributed by atoms with Crippen molar-refractivity contribution in [2.75, 3.05) is 10.6 Å². The Morgan fingerprint density at radius 1 is 1.05 bits per heavy atom. The van der Waals surface area contributed by atoms with Crippen LogP contribution in [0.5, 0.6) is 0 Å². The lowest BCUT2D eigenvalue weighted by atomic mass is 9.88. The molecule has 0 bridgehead atoms. The minimum atomic E-state index is -0.269. The van der Waals surface area contributed by atoms with Gasteiger partial charge in [0.25, 0.3) is 0 Å². The Kier molecular flexibility index (Phi) is 4.32. The third kappa shape index (κ3) is 3.59. The van der Waals surface area contributed by atoms with Crippen LogP contribution in [0, 0.1) is 0 Å². The number of nitrogens with two attached hydrogens (primary N) is 1. The Labute approximate surface area is 134 Å². The fourth-order valence-corrected chi connectivity index (χ4v) is 2.81. The summed E-state index contributed by atoms with van der Waals surface area (Å²) in [7, 11) is 0. The third-order valence-electron chi connectivity index (χ3n) is 3.83. The average Bonchev–Trinajstić information content (AvgIpc) is 2.50. The van der Waals surface area contributed by atoms with Crippen LogP contribution in [0.15, 0.2) is 42.5 Å². The van der Waals surface area contributed by atoms with Gasteiger partial charge < -0.3 is 16.4 Å². The number of amides is 2. The molecule has 114 valence electrons. The van der Waals surface area contributed by atoms with Gasteiger partial charge in [0.1, 0.15) is 0 Å². The second-order valence-electron chi connectivity index (χ2n) is 5.57. The topological polar surface area (TPSA) is 67.1 Å². The third-order valence-corrected chi connectivity index (χ3v) is 4.08. The SMILES string of the molecule is NC1CCc2cc(NC(=O)Nc3ccc(Cl)cc3)ccc2C1. The minimum absolute atomic E-state index is 0.250. The molecular weight excluding hydrogens is 298 g/mol. The van der Waals surface area contributed by atoms with E-state index in [9.17, 15) is 4.79 Å². The van der Waals surface area contributed by atoms with Crippen LogP contribution in [-0.2, 0) is 12.8 Å². The van der Waals surface area contributed by atoms with Crippen LogP contribution in [0.25, 0.3) is 0 Å². The number of urea groups is 1. The Hall–Kier alpha value is -2.04. The molecule has 22 heavy (non-hydrogen) atoms. The number of nitrogens with one attached hydrogen (secondary N) is 2. The maximum atomic E-state index is 12.0. The molecule has 1 unspecified atom stereocenters. The average molecular weight is 316 g/mol. The van der Waals surface area contributed by atoms with Crippen molar-refractivity contribution in [3.05, 3.63) is 58.6 Å². The second-order valence-corrected chi connectivity index (χ2v) is 6.01. The van der Waals surface area contributed by atoms with Crippen molar-refractivity contribution < 1.29 is 4.79 Å². The van der Waals surface area contributed by atoms with Crippen molar-refractivity contribution in [2.24, 2.45) is 5.73 Å². The molecule has 3 rings (SSSR count). The highest BCUT2D eigenvalue weighted by Gasteiger charge is 2.15. The quantitative estimate of drug-likeness (QED) is 0.789. The lowest BCUT2D eigenvalue weighted by Crippen LogP contribution is -2.28. The van der Waals surface area contributed by atoms with Gasteiger partial charge in [0.05, 0.1) is 0 Å². The van der Waals surface area contributed by atoms with E-state index in [2.05, 4.69) is 10.6 Å². The van der Waals surface area contributed by atoms with Crippen molar-refractivity contribution in [1.82, 2.24) is 0 Å². The van der Waals surface area contributed by atoms with Gasteiger partial charge in [-0.2, -0.15) is 0 Å². The summed E-state index contributed by atoms with van der Waals surface area (Å²) in [4.78, 5) is 12.0. The van der Waals surface area contributed by atoms with Gasteiger partial charge in [0, 0.05) is 22.4 Å². The maximum absolute atomic E-state index is 12.0. The highest BCUT2D eigenvalue weighted by Crippen LogP contribution is 2.24. The van der Waals surface area contributed by atoms with Crippen LogP contribution >= 0.6 is 11.6 Å². The van der Waals surface area contributed by atoms with Crippen LogP contribution in [0.4, 0.5) is 16.2 Å². The Balaban J connectivity index is 1.65. The number of halogens is 1. The first-order valence-corrected chi connectivity index (χ1v) is 7.69. The summed E-state index contributed by atoms with van der Waals surface area (Å²) in [6.07, 6.45) is 2.87. The summed E-state index contributed by atoms with van der Waals surface area (Å²) >= 11 is 5.82. The van der Waals surface area contributed by atoms with Gasteiger partial charge in [0.2, 0.25) is 0 Å². The van der Waals surface area contributed by atoms with Gasteiger partial charge in [-0.15, -0.1) is 0 Å². The zero-order chi connectivity index (χ0) is 15.5. The number of rotatable bonds is 2. The van der Waals surface area contributed by atoms with E-state index in [0.29, 0.717) is 10.7 Å². The number of fused-ring (bicyclic) bond motifs is 1. The second kappa shape index (κ2) is 6.38. The number of benzene rings is 2. The van der Waals surface area contributed by atoms with E-state index in [-0.39, 0.29) is 12.1 Å². The van der Waals surface area contributed by atoms with Gasteiger partial charge in [-0.05, 0) is 66.8 Å². The summed E-state index contributed by atoms with van der Waals surface area (Å²) in [5, 5.41) is 6.27. The van der Waals surface area contributed by atoms with Crippen LogP contribution in [0.1, 0.15) is 17.5 Å². The van der Waals surface area contributed by atoms with Crippen molar-refractivity contribution in [3.63, 3.8) is 0 Å². The van der Waals surface area contributed by atoms with Gasteiger partial charge >= 0.3 is 6.03 Å².